The lowest BCUT2D eigenvalue weighted by molar-refractivity contribution is 0.0697. The predicted molar refractivity (Wildman–Crippen MR) is 71.9 cm³/mol. The molecule has 6 heteroatoms. The minimum Gasteiger partial charge on any atom is -0.381 e. The molecule has 0 unspecified atom stereocenters. The Hall–Kier alpha value is -1.95. The smallest absolute Gasteiger partial charge is 0.329 e. The number of allylic oxidation sites excluding steroid dienone is 1. The minimum atomic E-state index is -0.139. The number of nitrogens with zero attached hydrogens (tertiary/aromatic N) is 3. The van der Waals surface area contributed by atoms with Gasteiger partial charge < -0.3 is 4.74 Å². The first kappa shape index (κ1) is 12.1. The molecule has 3 heterocycles. The minimum absolute atomic E-state index is 0.139. The molecule has 2 aromatic rings. The summed E-state index contributed by atoms with van der Waals surface area (Å²) in [6.45, 7) is 3.30. The second kappa shape index (κ2) is 4.97. The Morgan fingerprint density at radius 1 is 1.47 bits per heavy atom. The SMILES string of the molecule is C/C=C/c1cnc2[nH]c(=O)n(C3CCOCC3)c2n1. The van der Waals surface area contributed by atoms with Crippen molar-refractivity contribution in [1.82, 2.24) is 19.5 Å². The van der Waals surface area contributed by atoms with E-state index in [-0.39, 0.29) is 11.7 Å². The number of ether oxygens (including phenoxy) is 1. The molecule has 19 heavy (non-hydrogen) atoms. The number of imidazole rings is 1. The molecular weight excluding hydrogens is 244 g/mol. The van der Waals surface area contributed by atoms with Crippen LogP contribution in [0.2, 0.25) is 0 Å². The standard InChI is InChI=1S/C13H16N4O2/c1-2-3-9-8-14-11-12(15-9)17(13(18)16-11)10-4-6-19-7-5-10/h2-3,8,10H,4-7H2,1H3,(H,14,16,18)/b3-2+. The Labute approximate surface area is 110 Å². The third-order valence-electron chi connectivity index (χ3n) is 3.34. The number of hydrogen-bond donors (Lipinski definition) is 1. The van der Waals surface area contributed by atoms with E-state index in [1.54, 1.807) is 10.8 Å². The third kappa shape index (κ3) is 2.19. The normalized spacial score (nSPS) is 17.5. The van der Waals surface area contributed by atoms with Gasteiger partial charge in [-0.15, -0.1) is 0 Å². The zero-order valence-corrected chi connectivity index (χ0v) is 10.8. The van der Waals surface area contributed by atoms with Gasteiger partial charge in [0.1, 0.15) is 0 Å². The lowest BCUT2D eigenvalue weighted by Gasteiger charge is -2.22. The second-order valence-corrected chi connectivity index (χ2v) is 4.61. The van der Waals surface area contributed by atoms with Crippen molar-refractivity contribution >= 4 is 17.4 Å². The van der Waals surface area contributed by atoms with Crippen LogP contribution in [0.3, 0.4) is 0 Å². The summed E-state index contributed by atoms with van der Waals surface area (Å²) in [4.78, 5) is 23.6. The average Bonchev–Trinajstić information content (AvgIpc) is 2.75. The average molecular weight is 260 g/mol. The van der Waals surface area contributed by atoms with E-state index in [0.29, 0.717) is 24.5 Å². The maximum absolute atomic E-state index is 12.1. The van der Waals surface area contributed by atoms with Crippen LogP contribution < -0.4 is 5.69 Å². The molecule has 1 N–H and O–H groups in total. The number of fused-ring (bicyclic) bond motifs is 1. The molecule has 1 aliphatic rings. The number of rotatable bonds is 2. The van der Waals surface area contributed by atoms with Crippen molar-refractivity contribution in [1.29, 1.82) is 0 Å². The number of aromatic amines is 1. The molecule has 1 aliphatic heterocycles. The van der Waals surface area contributed by atoms with Crippen LogP contribution in [-0.2, 0) is 4.74 Å². The van der Waals surface area contributed by atoms with Crippen LogP contribution in [0.5, 0.6) is 0 Å². The van der Waals surface area contributed by atoms with Crippen molar-refractivity contribution in [3.63, 3.8) is 0 Å². The van der Waals surface area contributed by atoms with E-state index in [4.69, 9.17) is 4.74 Å². The first-order valence-corrected chi connectivity index (χ1v) is 6.47. The summed E-state index contributed by atoms with van der Waals surface area (Å²) in [5.41, 5.74) is 1.80. The van der Waals surface area contributed by atoms with Gasteiger partial charge in [0.15, 0.2) is 11.3 Å². The Bertz CT molecular complexity index is 665. The molecule has 0 bridgehead atoms. The van der Waals surface area contributed by atoms with Gasteiger partial charge in [-0.3, -0.25) is 9.55 Å². The zero-order valence-electron chi connectivity index (χ0n) is 10.8. The van der Waals surface area contributed by atoms with E-state index in [2.05, 4.69) is 15.0 Å². The molecule has 0 aliphatic carbocycles. The summed E-state index contributed by atoms with van der Waals surface area (Å²) >= 11 is 0. The molecule has 0 saturated carbocycles. The molecular formula is C13H16N4O2. The van der Waals surface area contributed by atoms with Crippen LogP contribution in [-0.4, -0.2) is 32.7 Å². The van der Waals surface area contributed by atoms with Crippen LogP contribution in [0, 0.1) is 0 Å². The molecule has 1 fully saturated rings. The molecule has 2 aromatic heterocycles. The number of hydrogen-bond acceptors (Lipinski definition) is 4. The van der Waals surface area contributed by atoms with E-state index in [1.807, 2.05) is 19.1 Å². The molecule has 100 valence electrons. The second-order valence-electron chi connectivity index (χ2n) is 4.61. The third-order valence-corrected chi connectivity index (χ3v) is 3.34. The van der Waals surface area contributed by atoms with Gasteiger partial charge in [-0.25, -0.2) is 14.8 Å². The van der Waals surface area contributed by atoms with Gasteiger partial charge in [-0.2, -0.15) is 0 Å². The lowest BCUT2D eigenvalue weighted by Crippen LogP contribution is -2.27. The highest BCUT2D eigenvalue weighted by molar-refractivity contribution is 5.67. The Morgan fingerprint density at radius 2 is 2.26 bits per heavy atom. The molecule has 3 rings (SSSR count). The summed E-state index contributed by atoms with van der Waals surface area (Å²) in [5, 5.41) is 0. The van der Waals surface area contributed by atoms with E-state index >= 15 is 0 Å². The molecule has 1 saturated heterocycles. The Kier molecular flexibility index (Phi) is 3.16. The largest absolute Gasteiger partial charge is 0.381 e. The molecule has 0 amide bonds. The summed E-state index contributed by atoms with van der Waals surface area (Å²) in [7, 11) is 0. The Balaban J connectivity index is 2.13. The van der Waals surface area contributed by atoms with Gasteiger partial charge >= 0.3 is 5.69 Å². The summed E-state index contributed by atoms with van der Waals surface area (Å²) in [5.74, 6) is 0. The number of aromatic nitrogens is 4. The highest BCUT2D eigenvalue weighted by Crippen LogP contribution is 2.22. The van der Waals surface area contributed by atoms with Gasteiger partial charge in [0.2, 0.25) is 0 Å². The fourth-order valence-corrected chi connectivity index (χ4v) is 2.44. The highest BCUT2D eigenvalue weighted by Gasteiger charge is 2.21. The number of H-pyrrole nitrogens is 1. The maximum atomic E-state index is 12.1. The highest BCUT2D eigenvalue weighted by atomic mass is 16.5. The molecule has 0 aromatic carbocycles. The first-order valence-electron chi connectivity index (χ1n) is 6.47. The van der Waals surface area contributed by atoms with E-state index < -0.39 is 0 Å². The van der Waals surface area contributed by atoms with Crippen molar-refractivity contribution in [2.45, 2.75) is 25.8 Å². The van der Waals surface area contributed by atoms with E-state index in [9.17, 15) is 4.79 Å². The van der Waals surface area contributed by atoms with Gasteiger partial charge in [-0.1, -0.05) is 6.08 Å². The van der Waals surface area contributed by atoms with Crippen molar-refractivity contribution in [2.75, 3.05) is 13.2 Å². The van der Waals surface area contributed by atoms with Crippen molar-refractivity contribution < 1.29 is 4.74 Å². The fraction of sp³-hybridized carbons (Fsp3) is 0.462. The van der Waals surface area contributed by atoms with Crippen LogP contribution in [0.1, 0.15) is 31.5 Å². The van der Waals surface area contributed by atoms with Crippen LogP contribution in [0.4, 0.5) is 0 Å². The number of nitrogens with one attached hydrogen (secondary N) is 1. The molecule has 0 spiro atoms. The van der Waals surface area contributed by atoms with Crippen molar-refractivity contribution in [3.8, 4) is 0 Å². The van der Waals surface area contributed by atoms with E-state index in [0.717, 1.165) is 18.5 Å². The monoisotopic (exact) mass is 260 g/mol. The van der Waals surface area contributed by atoms with Gasteiger partial charge in [-0.05, 0) is 25.8 Å². The summed E-state index contributed by atoms with van der Waals surface area (Å²) in [6.07, 6.45) is 7.11. The molecule has 0 atom stereocenters. The van der Waals surface area contributed by atoms with Crippen molar-refractivity contribution in [3.05, 3.63) is 28.5 Å². The summed E-state index contributed by atoms with van der Waals surface area (Å²) in [6, 6.07) is 0.144. The predicted octanol–water partition coefficient (Wildman–Crippen LogP) is 1.50. The summed E-state index contributed by atoms with van der Waals surface area (Å²) < 4.78 is 7.06. The molecule has 6 nitrogen and oxygen atoms in total. The zero-order chi connectivity index (χ0) is 13.2. The first-order chi connectivity index (χ1) is 9.29. The maximum Gasteiger partial charge on any atom is 0.329 e. The van der Waals surface area contributed by atoms with Crippen LogP contribution >= 0.6 is 0 Å². The Morgan fingerprint density at radius 3 is 3.00 bits per heavy atom. The van der Waals surface area contributed by atoms with Crippen molar-refractivity contribution in [2.24, 2.45) is 0 Å². The lowest BCUT2D eigenvalue weighted by atomic mass is 10.1. The van der Waals surface area contributed by atoms with Crippen LogP contribution in [0.25, 0.3) is 17.4 Å². The molecule has 0 radical (unpaired) electrons. The van der Waals surface area contributed by atoms with Crippen LogP contribution in [0.15, 0.2) is 17.1 Å². The van der Waals surface area contributed by atoms with Gasteiger partial charge in [0.05, 0.1) is 11.9 Å². The van der Waals surface area contributed by atoms with Gasteiger partial charge in [0, 0.05) is 19.3 Å². The van der Waals surface area contributed by atoms with E-state index in [1.165, 1.54) is 0 Å². The quantitative estimate of drug-likeness (QED) is 0.888. The fourth-order valence-electron chi connectivity index (χ4n) is 2.44. The van der Waals surface area contributed by atoms with Gasteiger partial charge in [0.25, 0.3) is 0 Å². The topological polar surface area (TPSA) is 72.8 Å².